The number of halogens is 2. The zero-order valence-corrected chi connectivity index (χ0v) is 14.0. The number of rotatable bonds is 5. The van der Waals surface area contributed by atoms with Gasteiger partial charge in [0.2, 0.25) is 0 Å². The molecule has 23 heavy (non-hydrogen) atoms. The molecule has 1 fully saturated rings. The highest BCUT2D eigenvalue weighted by atomic mass is 19.1. The molecular weight excluding hydrogens is 300 g/mol. The Hall–Kier alpha value is -1.69. The highest BCUT2D eigenvalue weighted by molar-refractivity contribution is 5.79. The van der Waals surface area contributed by atoms with E-state index < -0.39 is 11.6 Å². The smallest absolute Gasteiger partial charge is 0.193 e. The molecule has 1 N–H and O–H groups in total. The predicted octanol–water partition coefficient (Wildman–Crippen LogP) is 2.61. The third kappa shape index (κ3) is 4.89. The SMILES string of the molecule is CN=C(NCC(C)c1ccc(F)cc1F)N(C)CC1CCOC1. The van der Waals surface area contributed by atoms with Gasteiger partial charge in [0.1, 0.15) is 11.6 Å². The maximum atomic E-state index is 13.8. The average Bonchev–Trinajstić information content (AvgIpc) is 3.00. The molecule has 0 aliphatic carbocycles. The van der Waals surface area contributed by atoms with Crippen molar-refractivity contribution in [2.24, 2.45) is 10.9 Å². The van der Waals surface area contributed by atoms with Crippen LogP contribution < -0.4 is 5.32 Å². The third-order valence-corrected chi connectivity index (χ3v) is 4.19. The van der Waals surface area contributed by atoms with E-state index in [1.165, 1.54) is 12.1 Å². The molecule has 1 heterocycles. The Bertz CT molecular complexity index is 545. The van der Waals surface area contributed by atoms with Gasteiger partial charge >= 0.3 is 0 Å². The molecule has 0 saturated carbocycles. The highest BCUT2D eigenvalue weighted by Crippen LogP contribution is 2.19. The molecule has 2 unspecified atom stereocenters. The van der Waals surface area contributed by atoms with Crippen LogP contribution in [-0.4, -0.2) is 51.3 Å². The topological polar surface area (TPSA) is 36.9 Å². The van der Waals surface area contributed by atoms with E-state index in [1.54, 1.807) is 7.05 Å². The Morgan fingerprint density at radius 3 is 2.87 bits per heavy atom. The summed E-state index contributed by atoms with van der Waals surface area (Å²) in [5.41, 5.74) is 0.501. The van der Waals surface area contributed by atoms with Crippen LogP contribution >= 0.6 is 0 Å². The Kier molecular flexibility index (Phi) is 6.33. The lowest BCUT2D eigenvalue weighted by molar-refractivity contribution is 0.181. The zero-order chi connectivity index (χ0) is 16.8. The first-order valence-electron chi connectivity index (χ1n) is 7.95. The molecular formula is C17H25F2N3O. The van der Waals surface area contributed by atoms with Crippen molar-refractivity contribution in [1.82, 2.24) is 10.2 Å². The van der Waals surface area contributed by atoms with E-state index in [2.05, 4.69) is 15.2 Å². The van der Waals surface area contributed by atoms with E-state index >= 15 is 0 Å². The lowest BCUT2D eigenvalue weighted by Crippen LogP contribution is -2.42. The summed E-state index contributed by atoms with van der Waals surface area (Å²) >= 11 is 0. The van der Waals surface area contributed by atoms with Crippen molar-refractivity contribution in [1.29, 1.82) is 0 Å². The predicted molar refractivity (Wildman–Crippen MR) is 87.7 cm³/mol. The van der Waals surface area contributed by atoms with E-state index in [1.807, 2.05) is 14.0 Å². The largest absolute Gasteiger partial charge is 0.381 e. The summed E-state index contributed by atoms with van der Waals surface area (Å²) in [5.74, 6) is 0.138. The van der Waals surface area contributed by atoms with Crippen molar-refractivity contribution in [3.8, 4) is 0 Å². The monoisotopic (exact) mass is 325 g/mol. The van der Waals surface area contributed by atoms with Gasteiger partial charge < -0.3 is 15.0 Å². The van der Waals surface area contributed by atoms with Gasteiger partial charge in [0.25, 0.3) is 0 Å². The molecule has 0 aromatic heterocycles. The maximum Gasteiger partial charge on any atom is 0.193 e. The number of ether oxygens (including phenoxy) is 1. The Morgan fingerprint density at radius 2 is 2.26 bits per heavy atom. The summed E-state index contributed by atoms with van der Waals surface area (Å²) in [6.07, 6.45) is 1.07. The first-order valence-corrected chi connectivity index (χ1v) is 7.95. The molecule has 0 bridgehead atoms. The molecule has 2 atom stereocenters. The molecule has 1 aromatic rings. The molecule has 0 radical (unpaired) electrons. The quantitative estimate of drug-likeness (QED) is 0.668. The van der Waals surface area contributed by atoms with E-state index in [0.29, 0.717) is 18.0 Å². The Morgan fingerprint density at radius 1 is 1.48 bits per heavy atom. The van der Waals surface area contributed by atoms with Crippen molar-refractivity contribution in [3.05, 3.63) is 35.4 Å². The first kappa shape index (κ1) is 17.7. The third-order valence-electron chi connectivity index (χ3n) is 4.19. The van der Waals surface area contributed by atoms with E-state index in [-0.39, 0.29) is 5.92 Å². The number of nitrogens with one attached hydrogen (secondary N) is 1. The normalized spacial score (nSPS) is 19.7. The van der Waals surface area contributed by atoms with Crippen molar-refractivity contribution >= 4 is 5.96 Å². The second-order valence-corrected chi connectivity index (χ2v) is 6.11. The van der Waals surface area contributed by atoms with Crippen LogP contribution in [0.15, 0.2) is 23.2 Å². The number of hydrogen-bond acceptors (Lipinski definition) is 2. The van der Waals surface area contributed by atoms with Crippen LogP contribution in [0.2, 0.25) is 0 Å². The van der Waals surface area contributed by atoms with Gasteiger partial charge in [-0.1, -0.05) is 13.0 Å². The van der Waals surface area contributed by atoms with Gasteiger partial charge in [0.05, 0.1) is 6.61 Å². The number of guanidine groups is 1. The van der Waals surface area contributed by atoms with Crippen LogP contribution in [0.25, 0.3) is 0 Å². The van der Waals surface area contributed by atoms with Crippen molar-refractivity contribution in [2.45, 2.75) is 19.3 Å². The fourth-order valence-corrected chi connectivity index (χ4v) is 2.84. The van der Waals surface area contributed by atoms with Crippen molar-refractivity contribution < 1.29 is 13.5 Å². The van der Waals surface area contributed by atoms with Crippen LogP contribution in [0.1, 0.15) is 24.8 Å². The minimum Gasteiger partial charge on any atom is -0.381 e. The second-order valence-electron chi connectivity index (χ2n) is 6.11. The highest BCUT2D eigenvalue weighted by Gasteiger charge is 2.19. The minimum atomic E-state index is -0.555. The fourth-order valence-electron chi connectivity index (χ4n) is 2.84. The van der Waals surface area contributed by atoms with E-state index in [9.17, 15) is 8.78 Å². The molecule has 0 amide bonds. The second kappa shape index (κ2) is 8.24. The van der Waals surface area contributed by atoms with Gasteiger partial charge in [0.15, 0.2) is 5.96 Å². The lowest BCUT2D eigenvalue weighted by Gasteiger charge is -2.25. The average molecular weight is 325 g/mol. The Labute approximate surface area is 136 Å². The standard InChI is InChI=1S/C17H25F2N3O/c1-12(15-5-4-14(18)8-16(15)19)9-21-17(20-2)22(3)10-13-6-7-23-11-13/h4-5,8,12-13H,6-7,9-11H2,1-3H3,(H,20,21). The van der Waals surface area contributed by atoms with Crippen LogP contribution in [0.5, 0.6) is 0 Å². The summed E-state index contributed by atoms with van der Waals surface area (Å²) < 4.78 is 32.2. The number of benzene rings is 1. The van der Waals surface area contributed by atoms with Crippen LogP contribution in [0.4, 0.5) is 8.78 Å². The van der Waals surface area contributed by atoms with Gasteiger partial charge in [-0.05, 0) is 18.1 Å². The molecule has 1 saturated heterocycles. The first-order chi connectivity index (χ1) is 11.0. The summed E-state index contributed by atoms with van der Waals surface area (Å²) in [7, 11) is 3.71. The van der Waals surface area contributed by atoms with Crippen molar-refractivity contribution in [3.63, 3.8) is 0 Å². The van der Waals surface area contributed by atoms with Gasteiger partial charge in [0, 0.05) is 51.7 Å². The number of aliphatic imine (C=N–C) groups is 1. The molecule has 4 nitrogen and oxygen atoms in total. The molecule has 0 spiro atoms. The number of hydrogen-bond donors (Lipinski definition) is 1. The summed E-state index contributed by atoms with van der Waals surface area (Å²) in [4.78, 5) is 6.33. The molecule has 1 aromatic carbocycles. The zero-order valence-electron chi connectivity index (χ0n) is 14.0. The summed E-state index contributed by atoms with van der Waals surface area (Å²) in [6, 6.07) is 3.71. The lowest BCUT2D eigenvalue weighted by atomic mass is 10.0. The van der Waals surface area contributed by atoms with Gasteiger partial charge in [-0.2, -0.15) is 0 Å². The van der Waals surface area contributed by atoms with Gasteiger partial charge in [-0.3, -0.25) is 4.99 Å². The summed E-state index contributed by atoms with van der Waals surface area (Å²) in [5, 5.41) is 3.26. The van der Waals surface area contributed by atoms with Crippen LogP contribution in [-0.2, 0) is 4.74 Å². The molecule has 128 valence electrons. The molecule has 1 aliphatic rings. The van der Waals surface area contributed by atoms with Gasteiger partial charge in [-0.15, -0.1) is 0 Å². The van der Waals surface area contributed by atoms with Crippen LogP contribution in [0, 0.1) is 17.6 Å². The molecule has 2 rings (SSSR count). The van der Waals surface area contributed by atoms with Gasteiger partial charge in [-0.25, -0.2) is 8.78 Å². The number of nitrogens with zero attached hydrogens (tertiary/aromatic N) is 2. The Balaban J connectivity index is 1.89. The van der Waals surface area contributed by atoms with Crippen LogP contribution in [0.3, 0.4) is 0 Å². The molecule has 1 aliphatic heterocycles. The minimum absolute atomic E-state index is 0.0874. The molecule has 6 heteroatoms. The maximum absolute atomic E-state index is 13.8. The summed E-state index contributed by atoms with van der Waals surface area (Å²) in [6.45, 7) is 4.92. The fraction of sp³-hybridized carbons (Fsp3) is 0.588. The van der Waals surface area contributed by atoms with E-state index in [0.717, 1.165) is 38.2 Å². The van der Waals surface area contributed by atoms with E-state index in [4.69, 9.17) is 4.74 Å². The van der Waals surface area contributed by atoms with Crippen molar-refractivity contribution in [2.75, 3.05) is 40.4 Å².